The number of hydrogen-bond acceptors (Lipinski definition) is 5. The maximum absolute atomic E-state index is 12.4. The lowest BCUT2D eigenvalue weighted by atomic mass is 9.99. The van der Waals surface area contributed by atoms with Crippen molar-refractivity contribution < 1.29 is 14.3 Å². The Morgan fingerprint density at radius 2 is 2.19 bits per heavy atom. The Morgan fingerprint density at radius 3 is 2.93 bits per heavy atom. The molecule has 0 unspecified atom stereocenters. The van der Waals surface area contributed by atoms with Gasteiger partial charge in [0.1, 0.15) is 11.5 Å². The largest absolute Gasteiger partial charge is 0.497 e. The highest BCUT2D eigenvalue weighted by atomic mass is 16.5. The predicted octanol–water partition coefficient (Wildman–Crippen LogP) is 2.47. The quantitative estimate of drug-likeness (QED) is 0.809. The Morgan fingerprint density at radius 1 is 1.37 bits per heavy atom. The number of benzene rings is 1. The van der Waals surface area contributed by atoms with E-state index in [1.54, 1.807) is 18.0 Å². The summed E-state index contributed by atoms with van der Waals surface area (Å²) in [5.74, 6) is 2.02. The molecule has 3 rings (SSSR count). The molecule has 1 fully saturated rings. The van der Waals surface area contributed by atoms with Gasteiger partial charge >= 0.3 is 0 Å². The number of anilines is 1. The second-order valence-corrected chi connectivity index (χ2v) is 7.05. The van der Waals surface area contributed by atoms with E-state index in [-0.39, 0.29) is 5.91 Å². The summed E-state index contributed by atoms with van der Waals surface area (Å²) in [7, 11) is 3.51. The van der Waals surface area contributed by atoms with Gasteiger partial charge < -0.3 is 14.8 Å². The lowest BCUT2D eigenvalue weighted by molar-refractivity contribution is -0.117. The Hall–Kier alpha value is -2.54. The van der Waals surface area contributed by atoms with Crippen molar-refractivity contribution in [2.45, 2.75) is 19.8 Å². The van der Waals surface area contributed by atoms with Gasteiger partial charge in [-0.15, -0.1) is 0 Å². The number of hydrogen-bond donors (Lipinski definition) is 1. The van der Waals surface area contributed by atoms with Crippen LogP contribution in [0.15, 0.2) is 30.5 Å². The number of likely N-dealkylation sites (tertiary alicyclic amines) is 1. The zero-order valence-corrected chi connectivity index (χ0v) is 16.3. The first-order chi connectivity index (χ1) is 13.0. The molecule has 2 aromatic rings. The van der Waals surface area contributed by atoms with Crippen LogP contribution in [0.1, 0.15) is 18.5 Å². The number of aryl methyl sites for hydroxylation is 1. The van der Waals surface area contributed by atoms with Gasteiger partial charge in [0.05, 0.1) is 37.8 Å². The van der Waals surface area contributed by atoms with Gasteiger partial charge in [-0.3, -0.25) is 14.4 Å². The molecule has 1 aliphatic rings. The molecule has 2 heterocycles. The van der Waals surface area contributed by atoms with Crippen molar-refractivity contribution in [3.63, 3.8) is 0 Å². The normalized spacial score (nSPS) is 17.5. The maximum atomic E-state index is 12.4. The first-order valence-corrected chi connectivity index (χ1v) is 9.33. The highest BCUT2D eigenvalue weighted by Gasteiger charge is 2.22. The third-order valence-corrected chi connectivity index (χ3v) is 5.01. The zero-order valence-electron chi connectivity index (χ0n) is 16.3. The SMILES string of the molecule is COc1cccc(OC[C@H]2CCCN(CC(=O)Nc3cnn(C)c3C)C2)c1. The van der Waals surface area contributed by atoms with Crippen LogP contribution in [0.3, 0.4) is 0 Å². The molecule has 146 valence electrons. The molecular weight excluding hydrogens is 344 g/mol. The first kappa shape index (κ1) is 19.2. The van der Waals surface area contributed by atoms with Crippen molar-refractivity contribution in [2.24, 2.45) is 13.0 Å². The van der Waals surface area contributed by atoms with Gasteiger partial charge in [-0.05, 0) is 38.4 Å². The number of nitrogens with one attached hydrogen (secondary N) is 1. The topological polar surface area (TPSA) is 68.6 Å². The van der Waals surface area contributed by atoms with E-state index in [2.05, 4.69) is 15.3 Å². The second kappa shape index (κ2) is 8.90. The van der Waals surface area contributed by atoms with Crippen LogP contribution >= 0.6 is 0 Å². The minimum absolute atomic E-state index is 0.000430. The van der Waals surface area contributed by atoms with Gasteiger partial charge in [-0.25, -0.2) is 0 Å². The molecular formula is C20H28N4O3. The molecule has 0 radical (unpaired) electrons. The third kappa shape index (κ3) is 5.23. The molecule has 0 saturated carbocycles. The van der Waals surface area contributed by atoms with Crippen LogP contribution in [0.2, 0.25) is 0 Å². The fourth-order valence-corrected chi connectivity index (χ4v) is 3.35. The van der Waals surface area contributed by atoms with Crippen molar-refractivity contribution in [1.29, 1.82) is 0 Å². The average Bonchev–Trinajstić information content (AvgIpc) is 2.99. The van der Waals surface area contributed by atoms with Crippen molar-refractivity contribution in [3.8, 4) is 11.5 Å². The van der Waals surface area contributed by atoms with Gasteiger partial charge in [-0.1, -0.05) is 6.07 Å². The molecule has 0 bridgehead atoms. The number of carbonyl (C=O) groups is 1. The molecule has 1 aromatic carbocycles. The summed E-state index contributed by atoms with van der Waals surface area (Å²) in [6.07, 6.45) is 3.88. The van der Waals surface area contributed by atoms with Crippen LogP contribution in [0.5, 0.6) is 11.5 Å². The smallest absolute Gasteiger partial charge is 0.238 e. The number of methoxy groups -OCH3 is 1. The Labute approximate surface area is 160 Å². The molecule has 7 heteroatoms. The molecule has 0 aliphatic carbocycles. The highest BCUT2D eigenvalue weighted by Crippen LogP contribution is 2.22. The minimum Gasteiger partial charge on any atom is -0.497 e. The number of nitrogens with zero attached hydrogens (tertiary/aromatic N) is 3. The first-order valence-electron chi connectivity index (χ1n) is 9.33. The van der Waals surface area contributed by atoms with Crippen molar-refractivity contribution in [3.05, 3.63) is 36.2 Å². The van der Waals surface area contributed by atoms with E-state index in [0.29, 0.717) is 19.1 Å². The van der Waals surface area contributed by atoms with E-state index >= 15 is 0 Å². The number of piperidine rings is 1. The number of carbonyl (C=O) groups excluding carboxylic acids is 1. The Kier molecular flexibility index (Phi) is 6.34. The Balaban J connectivity index is 1.47. The highest BCUT2D eigenvalue weighted by molar-refractivity contribution is 5.92. The lowest BCUT2D eigenvalue weighted by Crippen LogP contribution is -2.42. The van der Waals surface area contributed by atoms with E-state index < -0.39 is 0 Å². The summed E-state index contributed by atoms with van der Waals surface area (Å²) in [6.45, 7) is 4.78. The molecule has 27 heavy (non-hydrogen) atoms. The van der Waals surface area contributed by atoms with Gasteiger partial charge in [0.25, 0.3) is 0 Å². The predicted molar refractivity (Wildman–Crippen MR) is 104 cm³/mol. The molecule has 1 aliphatic heterocycles. The fourth-order valence-electron chi connectivity index (χ4n) is 3.35. The van der Waals surface area contributed by atoms with Crippen LogP contribution < -0.4 is 14.8 Å². The van der Waals surface area contributed by atoms with E-state index in [1.807, 2.05) is 38.2 Å². The van der Waals surface area contributed by atoms with E-state index in [9.17, 15) is 4.79 Å². The van der Waals surface area contributed by atoms with Crippen molar-refractivity contribution in [1.82, 2.24) is 14.7 Å². The van der Waals surface area contributed by atoms with E-state index in [4.69, 9.17) is 9.47 Å². The van der Waals surface area contributed by atoms with Gasteiger partial charge in [0.15, 0.2) is 0 Å². The number of rotatable bonds is 7. The number of ether oxygens (including phenoxy) is 2. The van der Waals surface area contributed by atoms with Crippen molar-refractivity contribution in [2.75, 3.05) is 38.7 Å². The third-order valence-electron chi connectivity index (χ3n) is 5.01. The summed E-state index contributed by atoms with van der Waals surface area (Å²) in [6, 6.07) is 7.65. The lowest BCUT2D eigenvalue weighted by Gasteiger charge is -2.32. The molecule has 0 spiro atoms. The fraction of sp³-hybridized carbons (Fsp3) is 0.500. The summed E-state index contributed by atoms with van der Waals surface area (Å²) in [4.78, 5) is 14.6. The summed E-state index contributed by atoms with van der Waals surface area (Å²) in [5, 5.41) is 7.11. The van der Waals surface area contributed by atoms with Gasteiger partial charge in [0.2, 0.25) is 5.91 Å². The Bertz CT molecular complexity index is 774. The molecule has 1 saturated heterocycles. The van der Waals surface area contributed by atoms with E-state index in [0.717, 1.165) is 48.8 Å². The zero-order chi connectivity index (χ0) is 19.2. The van der Waals surface area contributed by atoms with Crippen LogP contribution in [-0.2, 0) is 11.8 Å². The van der Waals surface area contributed by atoms with Crippen LogP contribution in [0, 0.1) is 12.8 Å². The number of aromatic nitrogens is 2. The number of amides is 1. The van der Waals surface area contributed by atoms with Gasteiger partial charge in [0, 0.05) is 25.6 Å². The molecule has 1 aromatic heterocycles. The average molecular weight is 372 g/mol. The maximum Gasteiger partial charge on any atom is 0.238 e. The molecule has 7 nitrogen and oxygen atoms in total. The summed E-state index contributed by atoms with van der Waals surface area (Å²) in [5.41, 5.74) is 1.73. The van der Waals surface area contributed by atoms with Crippen LogP contribution in [-0.4, -0.2) is 53.9 Å². The summed E-state index contributed by atoms with van der Waals surface area (Å²) >= 11 is 0. The molecule has 1 N–H and O–H groups in total. The van der Waals surface area contributed by atoms with Crippen LogP contribution in [0.4, 0.5) is 5.69 Å². The second-order valence-electron chi connectivity index (χ2n) is 7.05. The van der Waals surface area contributed by atoms with E-state index in [1.165, 1.54) is 0 Å². The monoisotopic (exact) mass is 372 g/mol. The molecule has 1 atom stereocenters. The van der Waals surface area contributed by atoms with Crippen molar-refractivity contribution >= 4 is 11.6 Å². The molecule has 1 amide bonds. The standard InChI is InChI=1S/C20H28N4O3/c1-15-19(11-21-23(15)2)22-20(25)13-24-9-5-6-16(12-24)14-27-18-8-4-7-17(10-18)26-3/h4,7-8,10-11,16H,5-6,9,12-14H2,1-3H3,(H,22,25)/t16-/m0/s1. The summed E-state index contributed by atoms with van der Waals surface area (Å²) < 4.78 is 12.9. The van der Waals surface area contributed by atoms with Crippen LogP contribution in [0.25, 0.3) is 0 Å². The minimum atomic E-state index is 0.000430. The van der Waals surface area contributed by atoms with Gasteiger partial charge in [-0.2, -0.15) is 5.10 Å².